The molecule has 0 radical (unpaired) electrons. The van der Waals surface area contributed by atoms with E-state index < -0.39 is 0 Å². The molecule has 1 N–H and O–H groups in total. The van der Waals surface area contributed by atoms with Gasteiger partial charge in [0, 0.05) is 23.7 Å². The zero-order valence-electron chi connectivity index (χ0n) is 13.0. The van der Waals surface area contributed by atoms with Gasteiger partial charge in [-0.3, -0.25) is 0 Å². The van der Waals surface area contributed by atoms with Crippen LogP contribution >= 0.6 is 11.8 Å². The minimum Gasteiger partial charge on any atom is -0.310 e. The van der Waals surface area contributed by atoms with Gasteiger partial charge in [0.15, 0.2) is 0 Å². The highest BCUT2D eigenvalue weighted by Gasteiger charge is 2.11. The van der Waals surface area contributed by atoms with E-state index in [0.717, 1.165) is 11.6 Å². The SMILES string of the molecule is c1ccc(Sc2ccc(CNC3CCCCCC3)cn2)cc1. The molecule has 116 valence electrons. The maximum absolute atomic E-state index is 4.58. The number of rotatable bonds is 5. The number of benzene rings is 1. The van der Waals surface area contributed by atoms with E-state index in [1.807, 2.05) is 12.3 Å². The highest BCUT2D eigenvalue weighted by atomic mass is 32.2. The number of pyridine rings is 1. The molecule has 3 heteroatoms. The fraction of sp³-hybridized carbons (Fsp3) is 0.421. The predicted molar refractivity (Wildman–Crippen MR) is 93.1 cm³/mol. The summed E-state index contributed by atoms with van der Waals surface area (Å²) in [6, 6.07) is 15.4. The van der Waals surface area contributed by atoms with E-state index in [1.54, 1.807) is 11.8 Å². The first-order valence-corrected chi connectivity index (χ1v) is 9.13. The second kappa shape index (κ2) is 8.35. The summed E-state index contributed by atoms with van der Waals surface area (Å²) < 4.78 is 0. The summed E-state index contributed by atoms with van der Waals surface area (Å²) >= 11 is 1.71. The van der Waals surface area contributed by atoms with Crippen LogP contribution in [-0.4, -0.2) is 11.0 Å². The van der Waals surface area contributed by atoms with Crippen molar-refractivity contribution in [2.24, 2.45) is 0 Å². The van der Waals surface area contributed by atoms with Gasteiger partial charge in [0.05, 0.1) is 0 Å². The van der Waals surface area contributed by atoms with Crippen molar-refractivity contribution in [3.63, 3.8) is 0 Å². The van der Waals surface area contributed by atoms with E-state index >= 15 is 0 Å². The van der Waals surface area contributed by atoms with Crippen molar-refractivity contribution < 1.29 is 0 Å². The van der Waals surface area contributed by atoms with Crippen LogP contribution in [0.15, 0.2) is 58.6 Å². The highest BCUT2D eigenvalue weighted by molar-refractivity contribution is 7.99. The van der Waals surface area contributed by atoms with Crippen LogP contribution in [0.5, 0.6) is 0 Å². The van der Waals surface area contributed by atoms with E-state index in [0.29, 0.717) is 6.04 Å². The van der Waals surface area contributed by atoms with E-state index in [-0.39, 0.29) is 0 Å². The molecule has 1 aliphatic carbocycles. The van der Waals surface area contributed by atoms with Crippen LogP contribution in [0.3, 0.4) is 0 Å². The van der Waals surface area contributed by atoms with E-state index in [1.165, 1.54) is 49.0 Å². The Morgan fingerprint density at radius 3 is 2.41 bits per heavy atom. The molecule has 0 amide bonds. The molecule has 0 unspecified atom stereocenters. The Hall–Kier alpha value is -1.32. The fourth-order valence-corrected chi connectivity index (χ4v) is 3.71. The van der Waals surface area contributed by atoms with Crippen LogP contribution in [0.25, 0.3) is 0 Å². The molecule has 0 bridgehead atoms. The number of hydrogen-bond acceptors (Lipinski definition) is 3. The zero-order valence-corrected chi connectivity index (χ0v) is 13.8. The first-order chi connectivity index (χ1) is 10.9. The van der Waals surface area contributed by atoms with Crippen molar-refractivity contribution in [2.75, 3.05) is 0 Å². The summed E-state index contributed by atoms with van der Waals surface area (Å²) in [7, 11) is 0. The maximum Gasteiger partial charge on any atom is 0.101 e. The van der Waals surface area contributed by atoms with Crippen LogP contribution in [-0.2, 0) is 6.54 Å². The molecule has 0 spiro atoms. The van der Waals surface area contributed by atoms with Crippen LogP contribution < -0.4 is 5.32 Å². The predicted octanol–water partition coefficient (Wildman–Crippen LogP) is 5.05. The van der Waals surface area contributed by atoms with E-state index in [9.17, 15) is 0 Å². The van der Waals surface area contributed by atoms with Crippen LogP contribution in [0.4, 0.5) is 0 Å². The van der Waals surface area contributed by atoms with Gasteiger partial charge in [-0.1, -0.05) is 61.7 Å². The number of aromatic nitrogens is 1. The lowest BCUT2D eigenvalue weighted by molar-refractivity contribution is 0.458. The van der Waals surface area contributed by atoms with Crippen LogP contribution in [0.2, 0.25) is 0 Å². The third-order valence-electron chi connectivity index (χ3n) is 4.21. The van der Waals surface area contributed by atoms with E-state index in [2.05, 4.69) is 46.7 Å². The summed E-state index contributed by atoms with van der Waals surface area (Å²) in [5, 5.41) is 4.76. The highest BCUT2D eigenvalue weighted by Crippen LogP contribution is 2.25. The Labute approximate surface area is 137 Å². The van der Waals surface area contributed by atoms with Crippen molar-refractivity contribution >= 4 is 11.8 Å². The van der Waals surface area contributed by atoms with Crippen molar-refractivity contribution in [3.05, 3.63) is 54.2 Å². The fourth-order valence-electron chi connectivity index (χ4n) is 2.93. The monoisotopic (exact) mass is 312 g/mol. The molecule has 3 rings (SSSR count). The average Bonchev–Trinajstić information content (AvgIpc) is 2.84. The molecule has 1 aliphatic rings. The molecule has 1 aromatic heterocycles. The summed E-state index contributed by atoms with van der Waals surface area (Å²) in [5.41, 5.74) is 1.28. The first-order valence-electron chi connectivity index (χ1n) is 8.31. The quantitative estimate of drug-likeness (QED) is 0.782. The van der Waals surface area contributed by atoms with Gasteiger partial charge in [0.25, 0.3) is 0 Å². The smallest absolute Gasteiger partial charge is 0.101 e. The molecule has 1 aromatic carbocycles. The number of nitrogens with zero attached hydrogens (tertiary/aromatic N) is 1. The molecule has 0 saturated heterocycles. The average molecular weight is 312 g/mol. The lowest BCUT2D eigenvalue weighted by atomic mass is 10.1. The molecular weight excluding hydrogens is 288 g/mol. The Bertz CT molecular complexity index is 545. The molecule has 0 atom stereocenters. The standard InChI is InChI=1S/C19H24N2S/c1-2-5-9-17(8-4-1)20-14-16-12-13-19(21-15-16)22-18-10-6-3-7-11-18/h3,6-7,10-13,15,17,20H,1-2,4-5,8-9,14H2. The lowest BCUT2D eigenvalue weighted by Gasteiger charge is -2.16. The van der Waals surface area contributed by atoms with Gasteiger partial charge in [-0.2, -0.15) is 0 Å². The van der Waals surface area contributed by atoms with Gasteiger partial charge in [-0.25, -0.2) is 4.98 Å². The number of nitrogens with one attached hydrogen (secondary N) is 1. The minimum absolute atomic E-state index is 0.695. The minimum atomic E-state index is 0.695. The van der Waals surface area contributed by atoms with Gasteiger partial charge in [0.2, 0.25) is 0 Å². The topological polar surface area (TPSA) is 24.9 Å². The largest absolute Gasteiger partial charge is 0.310 e. The molecule has 22 heavy (non-hydrogen) atoms. The van der Waals surface area contributed by atoms with Crippen LogP contribution in [0, 0.1) is 0 Å². The molecule has 2 aromatic rings. The second-order valence-corrected chi connectivity index (χ2v) is 7.08. The van der Waals surface area contributed by atoms with Gasteiger partial charge in [-0.15, -0.1) is 0 Å². The first kappa shape index (κ1) is 15.6. The van der Waals surface area contributed by atoms with E-state index in [4.69, 9.17) is 0 Å². The molecule has 1 heterocycles. The number of hydrogen-bond donors (Lipinski definition) is 1. The van der Waals surface area contributed by atoms with Gasteiger partial charge < -0.3 is 5.32 Å². The Kier molecular flexibility index (Phi) is 5.91. The normalized spacial score (nSPS) is 16.4. The van der Waals surface area contributed by atoms with Crippen molar-refractivity contribution in [1.82, 2.24) is 10.3 Å². The third kappa shape index (κ3) is 4.85. The molecular formula is C19H24N2S. The zero-order chi connectivity index (χ0) is 15.0. The third-order valence-corrected chi connectivity index (χ3v) is 5.17. The maximum atomic E-state index is 4.58. The van der Waals surface area contributed by atoms with Gasteiger partial charge in [0.1, 0.15) is 5.03 Å². The van der Waals surface area contributed by atoms with Crippen LogP contribution in [0.1, 0.15) is 44.1 Å². The Morgan fingerprint density at radius 2 is 1.73 bits per heavy atom. The summed E-state index contributed by atoms with van der Waals surface area (Å²) in [6.45, 7) is 0.938. The summed E-state index contributed by atoms with van der Waals surface area (Å²) in [6.07, 6.45) is 10.2. The van der Waals surface area contributed by atoms with Gasteiger partial charge >= 0.3 is 0 Å². The van der Waals surface area contributed by atoms with Crippen molar-refractivity contribution in [2.45, 2.75) is 61.0 Å². The van der Waals surface area contributed by atoms with Crippen molar-refractivity contribution in [1.29, 1.82) is 0 Å². The summed E-state index contributed by atoms with van der Waals surface area (Å²) in [5.74, 6) is 0. The Morgan fingerprint density at radius 1 is 0.955 bits per heavy atom. The lowest BCUT2D eigenvalue weighted by Crippen LogP contribution is -2.27. The summed E-state index contributed by atoms with van der Waals surface area (Å²) in [4.78, 5) is 5.81. The molecule has 1 fully saturated rings. The molecule has 0 aliphatic heterocycles. The second-order valence-electron chi connectivity index (χ2n) is 5.99. The molecule has 1 saturated carbocycles. The van der Waals surface area contributed by atoms with Gasteiger partial charge in [-0.05, 0) is 36.6 Å². The molecule has 2 nitrogen and oxygen atoms in total. The Balaban J connectivity index is 1.50. The van der Waals surface area contributed by atoms with Crippen molar-refractivity contribution in [3.8, 4) is 0 Å².